The fraction of sp³-hybridized carbons (Fsp3) is 0.0909. The summed E-state index contributed by atoms with van der Waals surface area (Å²) in [6.45, 7) is 0. The Balaban J connectivity index is 1.62. The summed E-state index contributed by atoms with van der Waals surface area (Å²) in [7, 11) is 0. The minimum atomic E-state index is -0.340. The van der Waals surface area contributed by atoms with Crippen LogP contribution in [0.25, 0.3) is 11.0 Å². The monoisotopic (exact) mass is 372 g/mol. The van der Waals surface area contributed by atoms with Crippen LogP contribution in [0.4, 0.5) is 5.69 Å². The molecular formula is C22H16N2O2S. The number of para-hydroxylation sites is 2. The molecule has 4 nitrogen and oxygen atoms in total. The molecule has 1 aliphatic heterocycles. The van der Waals surface area contributed by atoms with Crippen LogP contribution < -0.4 is 10.6 Å². The topological polar surface area (TPSA) is 45.8 Å². The van der Waals surface area contributed by atoms with Crippen molar-refractivity contribution in [2.75, 3.05) is 5.01 Å². The number of anilines is 1. The van der Waals surface area contributed by atoms with Crippen LogP contribution in [0.15, 0.2) is 92.5 Å². The maximum absolute atomic E-state index is 12.6. The van der Waals surface area contributed by atoms with E-state index in [9.17, 15) is 4.79 Å². The molecule has 27 heavy (non-hydrogen) atoms. The third-order valence-electron chi connectivity index (χ3n) is 4.76. The number of hydrazone groups is 1. The summed E-state index contributed by atoms with van der Waals surface area (Å²) in [6.07, 6.45) is 0.665. The molecule has 0 N–H and O–H groups in total. The van der Waals surface area contributed by atoms with Gasteiger partial charge >= 0.3 is 5.63 Å². The van der Waals surface area contributed by atoms with Crippen molar-refractivity contribution in [2.24, 2.45) is 5.10 Å². The van der Waals surface area contributed by atoms with Gasteiger partial charge in [0.25, 0.3) is 0 Å². The fourth-order valence-electron chi connectivity index (χ4n) is 3.46. The van der Waals surface area contributed by atoms with Crippen molar-refractivity contribution in [3.63, 3.8) is 0 Å². The molecule has 5 heteroatoms. The van der Waals surface area contributed by atoms with Gasteiger partial charge in [-0.15, -0.1) is 11.3 Å². The van der Waals surface area contributed by atoms with Gasteiger partial charge in [-0.25, -0.2) is 4.79 Å². The molecule has 4 aromatic rings. The van der Waals surface area contributed by atoms with E-state index in [-0.39, 0.29) is 11.7 Å². The van der Waals surface area contributed by atoms with E-state index in [4.69, 9.17) is 9.52 Å². The standard InChI is InChI=1S/C22H16N2O2S/c25-22-17(13-15-7-4-5-10-20(15)26-22)18-14-19(21-11-6-12-27-21)24(23-18)16-8-2-1-3-9-16/h1-13,19H,14H2/t19-/m0/s1. The number of thiophene rings is 1. The average molecular weight is 372 g/mol. The molecule has 132 valence electrons. The lowest BCUT2D eigenvalue weighted by Gasteiger charge is -2.22. The highest BCUT2D eigenvalue weighted by molar-refractivity contribution is 7.10. The summed E-state index contributed by atoms with van der Waals surface area (Å²) in [5.74, 6) is 0. The van der Waals surface area contributed by atoms with Crippen LogP contribution >= 0.6 is 11.3 Å². The Hall–Kier alpha value is -3.18. The van der Waals surface area contributed by atoms with E-state index in [2.05, 4.69) is 11.4 Å². The van der Waals surface area contributed by atoms with Gasteiger partial charge in [-0.05, 0) is 35.7 Å². The first kappa shape index (κ1) is 16.0. The van der Waals surface area contributed by atoms with Crippen LogP contribution in [0.2, 0.25) is 0 Å². The molecule has 0 unspecified atom stereocenters. The molecule has 2 aromatic heterocycles. The second kappa shape index (κ2) is 6.52. The first-order valence-electron chi connectivity index (χ1n) is 8.78. The Kier molecular flexibility index (Phi) is 3.87. The normalized spacial score (nSPS) is 16.7. The van der Waals surface area contributed by atoms with Crippen molar-refractivity contribution in [1.82, 2.24) is 0 Å². The second-order valence-corrected chi connectivity index (χ2v) is 7.43. The van der Waals surface area contributed by atoms with Crippen molar-refractivity contribution in [3.8, 4) is 0 Å². The fourth-order valence-corrected chi connectivity index (χ4v) is 4.27. The van der Waals surface area contributed by atoms with Crippen LogP contribution in [0.5, 0.6) is 0 Å². The molecule has 0 saturated heterocycles. The minimum Gasteiger partial charge on any atom is -0.422 e. The summed E-state index contributed by atoms with van der Waals surface area (Å²) in [6, 6.07) is 23.7. The second-order valence-electron chi connectivity index (χ2n) is 6.45. The van der Waals surface area contributed by atoms with Gasteiger partial charge in [0, 0.05) is 16.7 Å². The van der Waals surface area contributed by atoms with E-state index in [1.807, 2.05) is 71.7 Å². The molecular weight excluding hydrogens is 356 g/mol. The Labute approximate surface area is 160 Å². The van der Waals surface area contributed by atoms with Crippen molar-refractivity contribution >= 4 is 33.7 Å². The Bertz CT molecular complexity index is 1180. The maximum atomic E-state index is 12.6. The van der Waals surface area contributed by atoms with Gasteiger partial charge in [0.2, 0.25) is 0 Å². The highest BCUT2D eigenvalue weighted by Crippen LogP contribution is 2.38. The number of benzene rings is 2. The van der Waals surface area contributed by atoms with Crippen LogP contribution in [-0.4, -0.2) is 5.71 Å². The first-order chi connectivity index (χ1) is 13.3. The molecule has 1 atom stereocenters. The predicted octanol–water partition coefficient (Wildman–Crippen LogP) is 5.21. The van der Waals surface area contributed by atoms with E-state index in [1.165, 1.54) is 4.88 Å². The number of hydrogen-bond donors (Lipinski definition) is 0. The van der Waals surface area contributed by atoms with E-state index in [1.54, 1.807) is 11.3 Å². The molecule has 5 rings (SSSR count). The van der Waals surface area contributed by atoms with Gasteiger partial charge in [-0.2, -0.15) is 5.10 Å². The molecule has 0 saturated carbocycles. The summed E-state index contributed by atoms with van der Waals surface area (Å²) in [4.78, 5) is 13.8. The molecule has 0 amide bonds. The maximum Gasteiger partial charge on any atom is 0.345 e. The summed E-state index contributed by atoms with van der Waals surface area (Å²) in [5.41, 5.74) is 2.56. The van der Waals surface area contributed by atoms with Gasteiger partial charge in [0.15, 0.2) is 0 Å². The van der Waals surface area contributed by atoms with E-state index < -0.39 is 0 Å². The zero-order valence-corrected chi connectivity index (χ0v) is 15.2. The third kappa shape index (κ3) is 2.86. The summed E-state index contributed by atoms with van der Waals surface area (Å²) in [5, 5.41) is 9.81. The Morgan fingerprint density at radius 2 is 1.81 bits per heavy atom. The van der Waals surface area contributed by atoms with Gasteiger partial charge < -0.3 is 4.42 Å². The van der Waals surface area contributed by atoms with Crippen molar-refractivity contribution in [3.05, 3.63) is 99.0 Å². The van der Waals surface area contributed by atoms with Crippen LogP contribution in [0.1, 0.15) is 22.9 Å². The quantitative estimate of drug-likeness (QED) is 0.464. The lowest BCUT2D eigenvalue weighted by Crippen LogP contribution is -2.17. The minimum absolute atomic E-state index is 0.0771. The van der Waals surface area contributed by atoms with Gasteiger partial charge in [-0.1, -0.05) is 42.5 Å². The summed E-state index contributed by atoms with van der Waals surface area (Å²) < 4.78 is 5.52. The van der Waals surface area contributed by atoms with Gasteiger partial charge in [0.1, 0.15) is 5.58 Å². The van der Waals surface area contributed by atoms with Crippen LogP contribution in [0.3, 0.4) is 0 Å². The number of fused-ring (bicyclic) bond motifs is 1. The molecule has 0 aliphatic carbocycles. The lowest BCUT2D eigenvalue weighted by atomic mass is 10.0. The number of hydrogen-bond acceptors (Lipinski definition) is 5. The first-order valence-corrected chi connectivity index (χ1v) is 9.66. The van der Waals surface area contributed by atoms with E-state index in [0.29, 0.717) is 17.6 Å². The zero-order valence-electron chi connectivity index (χ0n) is 14.4. The molecule has 0 bridgehead atoms. The smallest absolute Gasteiger partial charge is 0.345 e. The third-order valence-corrected chi connectivity index (χ3v) is 5.73. The van der Waals surface area contributed by atoms with E-state index >= 15 is 0 Å². The number of nitrogens with zero attached hydrogens (tertiary/aromatic N) is 2. The molecule has 0 radical (unpaired) electrons. The molecule has 1 aliphatic rings. The highest BCUT2D eigenvalue weighted by Gasteiger charge is 2.31. The average Bonchev–Trinajstić information content (AvgIpc) is 3.38. The molecule has 2 aromatic carbocycles. The Morgan fingerprint density at radius 3 is 2.63 bits per heavy atom. The highest BCUT2D eigenvalue weighted by atomic mass is 32.1. The van der Waals surface area contributed by atoms with Crippen molar-refractivity contribution in [2.45, 2.75) is 12.5 Å². The zero-order chi connectivity index (χ0) is 18.2. The van der Waals surface area contributed by atoms with Crippen molar-refractivity contribution < 1.29 is 4.42 Å². The lowest BCUT2D eigenvalue weighted by molar-refractivity contribution is 0.559. The molecule has 0 spiro atoms. The van der Waals surface area contributed by atoms with Crippen LogP contribution in [-0.2, 0) is 0 Å². The van der Waals surface area contributed by atoms with Crippen molar-refractivity contribution in [1.29, 1.82) is 0 Å². The van der Waals surface area contributed by atoms with E-state index in [0.717, 1.165) is 16.8 Å². The largest absolute Gasteiger partial charge is 0.422 e. The SMILES string of the molecule is O=c1oc2ccccc2cc1C1=NN(c2ccccc2)[C@H](c2cccs2)C1. The molecule has 3 heterocycles. The van der Waals surface area contributed by atoms with Gasteiger partial charge in [-0.3, -0.25) is 5.01 Å². The summed E-state index contributed by atoms with van der Waals surface area (Å²) >= 11 is 1.71. The van der Waals surface area contributed by atoms with Gasteiger partial charge in [0.05, 0.1) is 23.0 Å². The van der Waals surface area contributed by atoms with Crippen LogP contribution in [0, 0.1) is 0 Å². The molecule has 0 fully saturated rings. The predicted molar refractivity (Wildman–Crippen MR) is 110 cm³/mol. The Morgan fingerprint density at radius 1 is 1.00 bits per heavy atom. The number of rotatable bonds is 3.